The van der Waals surface area contributed by atoms with Crippen LogP contribution in [0.2, 0.25) is 0 Å². The fourth-order valence-corrected chi connectivity index (χ4v) is 3.67. The number of carbonyl (C=O) groups is 3. The van der Waals surface area contributed by atoms with Crippen LogP contribution < -0.4 is 10.4 Å². The molecule has 0 radical (unpaired) electrons. The molecule has 0 unspecified atom stereocenters. The maximum atomic E-state index is 12.2. The fraction of sp³-hybridized carbons (Fsp3) is 0.533. The molecule has 7 heteroatoms. The summed E-state index contributed by atoms with van der Waals surface area (Å²) < 4.78 is 5.19. The van der Waals surface area contributed by atoms with Crippen LogP contribution in [-0.2, 0) is 27.2 Å². The molecule has 0 fully saturated rings. The molecule has 0 saturated heterocycles. The summed E-state index contributed by atoms with van der Waals surface area (Å²) in [5.74, 6) is -2.13. The van der Waals surface area contributed by atoms with Crippen molar-refractivity contribution in [1.29, 1.82) is 0 Å². The highest BCUT2D eigenvalue weighted by molar-refractivity contribution is 7.17. The molecule has 1 aromatic rings. The van der Waals surface area contributed by atoms with Gasteiger partial charge < -0.3 is 20.0 Å². The summed E-state index contributed by atoms with van der Waals surface area (Å²) >= 11 is 1.38. The van der Waals surface area contributed by atoms with Gasteiger partial charge in [0.25, 0.3) is 0 Å². The van der Waals surface area contributed by atoms with Crippen LogP contribution in [0.1, 0.15) is 53.4 Å². The maximum Gasteiger partial charge on any atom is 0.341 e. The van der Waals surface area contributed by atoms with Crippen molar-refractivity contribution in [2.24, 2.45) is 0 Å². The van der Waals surface area contributed by atoms with E-state index in [1.807, 2.05) is 6.92 Å². The number of nitrogens with one attached hydrogen (secondary N) is 1. The number of aliphatic carboxylic acids is 1. The topological polar surface area (TPSA) is 95.5 Å². The zero-order valence-electron chi connectivity index (χ0n) is 12.4. The monoisotopic (exact) mass is 324 g/mol. The molecule has 1 amide bonds. The number of fused-ring (bicyclic) bond motifs is 1. The molecule has 0 saturated carbocycles. The average Bonchev–Trinajstić information content (AvgIpc) is 3.02. The van der Waals surface area contributed by atoms with Crippen LogP contribution >= 0.6 is 11.3 Å². The van der Waals surface area contributed by atoms with Crippen LogP contribution in [0, 0.1) is 0 Å². The van der Waals surface area contributed by atoms with Gasteiger partial charge in [0.2, 0.25) is 5.91 Å². The Labute approximate surface area is 132 Å². The van der Waals surface area contributed by atoms with E-state index in [9.17, 15) is 19.5 Å². The van der Waals surface area contributed by atoms with E-state index < -0.39 is 17.8 Å². The lowest BCUT2D eigenvalue weighted by atomic mass is 10.1. The third-order valence-electron chi connectivity index (χ3n) is 3.37. The van der Waals surface area contributed by atoms with Gasteiger partial charge in [0, 0.05) is 17.3 Å². The molecule has 22 heavy (non-hydrogen) atoms. The Morgan fingerprint density at radius 1 is 1.27 bits per heavy atom. The van der Waals surface area contributed by atoms with E-state index in [0.29, 0.717) is 17.2 Å². The molecule has 0 atom stereocenters. The quantitative estimate of drug-likeness (QED) is 0.762. The number of hydrogen-bond acceptors (Lipinski definition) is 6. The van der Waals surface area contributed by atoms with E-state index >= 15 is 0 Å². The van der Waals surface area contributed by atoms with Crippen molar-refractivity contribution < 1.29 is 24.2 Å². The van der Waals surface area contributed by atoms with Gasteiger partial charge in [-0.3, -0.25) is 4.79 Å². The SMILES string of the molecule is CCCOC(=O)c1c(NC(=O)CCC(=O)[O-])sc2c1CCC2. The fourth-order valence-electron chi connectivity index (χ4n) is 2.38. The smallest absolute Gasteiger partial charge is 0.341 e. The first kappa shape index (κ1) is 16.5. The third kappa shape index (κ3) is 3.85. The zero-order chi connectivity index (χ0) is 16.1. The Hall–Kier alpha value is -1.89. The Kier molecular flexibility index (Phi) is 5.54. The number of ether oxygens (including phenoxy) is 1. The van der Waals surface area contributed by atoms with Crippen LogP contribution in [0.3, 0.4) is 0 Å². The molecule has 0 spiro atoms. The van der Waals surface area contributed by atoms with Crippen LogP contribution in [0.15, 0.2) is 0 Å². The molecule has 2 rings (SSSR count). The molecule has 1 heterocycles. The zero-order valence-corrected chi connectivity index (χ0v) is 13.2. The lowest BCUT2D eigenvalue weighted by Gasteiger charge is -2.08. The minimum atomic E-state index is -1.27. The van der Waals surface area contributed by atoms with Gasteiger partial charge in [-0.1, -0.05) is 6.92 Å². The predicted octanol–water partition coefficient (Wildman–Crippen LogP) is 1.27. The normalized spacial score (nSPS) is 12.8. The maximum absolute atomic E-state index is 12.2. The number of hydrogen-bond donors (Lipinski definition) is 1. The number of thiophene rings is 1. The van der Waals surface area contributed by atoms with Crippen molar-refractivity contribution in [3.8, 4) is 0 Å². The second-order valence-corrected chi connectivity index (χ2v) is 6.22. The number of carboxylic acids is 1. The first-order chi connectivity index (χ1) is 10.5. The summed E-state index contributed by atoms with van der Waals surface area (Å²) in [6, 6.07) is 0. The largest absolute Gasteiger partial charge is 0.550 e. The predicted molar refractivity (Wildman–Crippen MR) is 79.8 cm³/mol. The van der Waals surface area contributed by atoms with Gasteiger partial charge in [-0.15, -0.1) is 11.3 Å². The van der Waals surface area contributed by atoms with Crippen molar-refractivity contribution in [3.63, 3.8) is 0 Å². The van der Waals surface area contributed by atoms with Gasteiger partial charge in [0.1, 0.15) is 5.00 Å². The minimum Gasteiger partial charge on any atom is -0.550 e. The van der Waals surface area contributed by atoms with Crippen molar-refractivity contribution in [3.05, 3.63) is 16.0 Å². The lowest BCUT2D eigenvalue weighted by molar-refractivity contribution is -0.305. The second kappa shape index (κ2) is 7.40. The van der Waals surface area contributed by atoms with Gasteiger partial charge >= 0.3 is 5.97 Å². The number of amides is 1. The van der Waals surface area contributed by atoms with E-state index in [0.717, 1.165) is 36.1 Å². The van der Waals surface area contributed by atoms with Gasteiger partial charge in [0.05, 0.1) is 12.2 Å². The standard InChI is InChI=1S/C15H19NO5S/c1-2-8-21-15(20)13-9-4-3-5-10(9)22-14(13)16-11(17)6-7-12(18)19/h2-8H2,1H3,(H,16,17)(H,18,19)/p-1. The number of carboxylic acid groups (broad SMARTS) is 1. The molecule has 1 aliphatic carbocycles. The molecule has 1 N–H and O–H groups in total. The highest BCUT2D eigenvalue weighted by Gasteiger charge is 2.28. The lowest BCUT2D eigenvalue weighted by Crippen LogP contribution is -2.24. The Morgan fingerprint density at radius 2 is 2.05 bits per heavy atom. The summed E-state index contributed by atoms with van der Waals surface area (Å²) in [5.41, 5.74) is 1.40. The average molecular weight is 324 g/mol. The number of rotatable bonds is 7. The molecule has 0 aromatic carbocycles. The van der Waals surface area contributed by atoms with Gasteiger partial charge in [-0.25, -0.2) is 4.79 Å². The molecule has 6 nitrogen and oxygen atoms in total. The molecule has 0 bridgehead atoms. The molecular weight excluding hydrogens is 306 g/mol. The van der Waals surface area contributed by atoms with Crippen molar-refractivity contribution in [2.45, 2.75) is 45.4 Å². The summed E-state index contributed by atoms with van der Waals surface area (Å²) in [6.45, 7) is 2.25. The van der Waals surface area contributed by atoms with Crippen LogP contribution in [0.5, 0.6) is 0 Å². The number of anilines is 1. The van der Waals surface area contributed by atoms with Crippen molar-refractivity contribution in [2.75, 3.05) is 11.9 Å². The second-order valence-electron chi connectivity index (χ2n) is 5.12. The molecule has 120 valence electrons. The first-order valence-corrected chi connectivity index (χ1v) is 8.16. The van der Waals surface area contributed by atoms with E-state index in [4.69, 9.17) is 4.74 Å². The van der Waals surface area contributed by atoms with Gasteiger partial charge in [-0.05, 0) is 37.7 Å². The summed E-state index contributed by atoms with van der Waals surface area (Å²) in [5, 5.41) is 13.5. The van der Waals surface area contributed by atoms with E-state index in [1.54, 1.807) is 0 Å². The van der Waals surface area contributed by atoms with Crippen molar-refractivity contribution in [1.82, 2.24) is 0 Å². The number of aryl methyl sites for hydroxylation is 1. The van der Waals surface area contributed by atoms with Crippen LogP contribution in [0.4, 0.5) is 5.00 Å². The summed E-state index contributed by atoms with van der Waals surface area (Å²) in [7, 11) is 0. The highest BCUT2D eigenvalue weighted by atomic mass is 32.1. The molecular formula is C15H18NO5S-. The van der Waals surface area contributed by atoms with Crippen LogP contribution in [-0.4, -0.2) is 24.5 Å². The van der Waals surface area contributed by atoms with Crippen molar-refractivity contribution >= 4 is 34.2 Å². The molecule has 1 aromatic heterocycles. The molecule has 0 aliphatic heterocycles. The molecule has 1 aliphatic rings. The third-order valence-corrected chi connectivity index (χ3v) is 4.58. The Morgan fingerprint density at radius 3 is 2.73 bits per heavy atom. The van der Waals surface area contributed by atoms with E-state index in [2.05, 4.69) is 5.32 Å². The minimum absolute atomic E-state index is 0.172. The Balaban J connectivity index is 2.15. The Bertz CT molecular complexity index is 593. The summed E-state index contributed by atoms with van der Waals surface area (Å²) in [4.78, 5) is 35.5. The number of carbonyl (C=O) groups excluding carboxylic acids is 3. The first-order valence-electron chi connectivity index (χ1n) is 7.34. The van der Waals surface area contributed by atoms with Crippen LogP contribution in [0.25, 0.3) is 0 Å². The van der Waals surface area contributed by atoms with Gasteiger partial charge in [0.15, 0.2) is 0 Å². The van der Waals surface area contributed by atoms with Gasteiger partial charge in [-0.2, -0.15) is 0 Å². The van der Waals surface area contributed by atoms with E-state index in [-0.39, 0.29) is 12.8 Å². The summed E-state index contributed by atoms with van der Waals surface area (Å²) in [6.07, 6.45) is 2.90. The highest BCUT2D eigenvalue weighted by Crippen LogP contribution is 2.39. The number of esters is 1. The van der Waals surface area contributed by atoms with E-state index in [1.165, 1.54) is 11.3 Å².